The van der Waals surface area contributed by atoms with Gasteiger partial charge in [-0.05, 0) is 36.3 Å². The zero-order chi connectivity index (χ0) is 15.2. The number of hydrogen-bond acceptors (Lipinski definition) is 3. The SMILES string of the molecule is CCC1c2ccsc2CCN1C(=O)NCCCNC(C)=O. The third kappa shape index (κ3) is 3.97. The molecule has 2 heterocycles. The van der Waals surface area contributed by atoms with Crippen molar-refractivity contribution in [3.8, 4) is 0 Å². The highest BCUT2D eigenvalue weighted by Gasteiger charge is 2.29. The van der Waals surface area contributed by atoms with Gasteiger partial charge in [0.05, 0.1) is 6.04 Å². The topological polar surface area (TPSA) is 61.4 Å². The van der Waals surface area contributed by atoms with E-state index in [9.17, 15) is 9.59 Å². The molecule has 0 bridgehead atoms. The summed E-state index contributed by atoms with van der Waals surface area (Å²) in [6.45, 7) is 5.58. The van der Waals surface area contributed by atoms with Crippen LogP contribution in [0.25, 0.3) is 0 Å². The zero-order valence-electron chi connectivity index (χ0n) is 12.6. The molecule has 5 nitrogen and oxygen atoms in total. The molecular formula is C15H23N3O2S. The van der Waals surface area contributed by atoms with E-state index in [0.717, 1.165) is 25.8 Å². The van der Waals surface area contributed by atoms with E-state index in [1.54, 1.807) is 11.3 Å². The Morgan fingerprint density at radius 1 is 1.38 bits per heavy atom. The zero-order valence-corrected chi connectivity index (χ0v) is 13.5. The molecule has 0 aliphatic carbocycles. The van der Waals surface area contributed by atoms with E-state index >= 15 is 0 Å². The molecule has 6 heteroatoms. The van der Waals surface area contributed by atoms with Crippen LogP contribution in [0.3, 0.4) is 0 Å². The van der Waals surface area contributed by atoms with Crippen LogP contribution in [0, 0.1) is 0 Å². The third-order valence-corrected chi connectivity index (χ3v) is 4.74. The first-order chi connectivity index (χ1) is 10.1. The molecule has 0 saturated heterocycles. The van der Waals surface area contributed by atoms with Crippen LogP contribution in [-0.2, 0) is 11.2 Å². The van der Waals surface area contributed by atoms with Crippen LogP contribution >= 0.6 is 11.3 Å². The number of fused-ring (bicyclic) bond motifs is 1. The van der Waals surface area contributed by atoms with E-state index in [-0.39, 0.29) is 18.0 Å². The van der Waals surface area contributed by atoms with Crippen molar-refractivity contribution in [2.24, 2.45) is 0 Å². The van der Waals surface area contributed by atoms with Crippen molar-refractivity contribution in [3.63, 3.8) is 0 Å². The Morgan fingerprint density at radius 2 is 2.14 bits per heavy atom. The average Bonchev–Trinajstić information content (AvgIpc) is 2.93. The monoisotopic (exact) mass is 309 g/mol. The largest absolute Gasteiger partial charge is 0.356 e. The van der Waals surface area contributed by atoms with E-state index in [1.807, 2.05) is 4.90 Å². The second kappa shape index (κ2) is 7.45. The van der Waals surface area contributed by atoms with Gasteiger partial charge in [-0.2, -0.15) is 0 Å². The fourth-order valence-corrected chi connectivity index (χ4v) is 3.66. The Bertz CT molecular complexity index is 501. The Balaban J connectivity index is 1.84. The molecule has 1 atom stereocenters. The molecule has 3 amide bonds. The van der Waals surface area contributed by atoms with Crippen molar-refractivity contribution in [1.29, 1.82) is 0 Å². The number of nitrogens with one attached hydrogen (secondary N) is 2. The molecule has 1 aliphatic heterocycles. The van der Waals surface area contributed by atoms with Gasteiger partial charge in [0.1, 0.15) is 0 Å². The molecule has 0 aromatic carbocycles. The predicted molar refractivity (Wildman–Crippen MR) is 84.5 cm³/mol. The molecule has 1 unspecified atom stereocenters. The van der Waals surface area contributed by atoms with Crippen molar-refractivity contribution in [2.75, 3.05) is 19.6 Å². The van der Waals surface area contributed by atoms with Gasteiger partial charge in [-0.1, -0.05) is 6.92 Å². The van der Waals surface area contributed by atoms with Crippen LogP contribution in [0.5, 0.6) is 0 Å². The molecule has 0 radical (unpaired) electrons. The third-order valence-electron chi connectivity index (χ3n) is 3.75. The predicted octanol–water partition coefficient (Wildman–Crippen LogP) is 2.29. The summed E-state index contributed by atoms with van der Waals surface area (Å²) in [6.07, 6.45) is 2.63. The fourth-order valence-electron chi connectivity index (χ4n) is 2.73. The summed E-state index contributed by atoms with van der Waals surface area (Å²) < 4.78 is 0. The molecule has 2 rings (SSSR count). The van der Waals surface area contributed by atoms with Gasteiger partial charge in [-0.3, -0.25) is 4.79 Å². The highest BCUT2D eigenvalue weighted by molar-refractivity contribution is 7.10. The quantitative estimate of drug-likeness (QED) is 0.820. The van der Waals surface area contributed by atoms with Crippen LogP contribution in [0.2, 0.25) is 0 Å². The van der Waals surface area contributed by atoms with E-state index in [1.165, 1.54) is 17.4 Å². The number of nitrogens with zero attached hydrogens (tertiary/aromatic N) is 1. The lowest BCUT2D eigenvalue weighted by molar-refractivity contribution is -0.118. The molecule has 0 saturated carbocycles. The molecule has 0 spiro atoms. The summed E-state index contributed by atoms with van der Waals surface area (Å²) in [5, 5.41) is 7.79. The van der Waals surface area contributed by atoms with Gasteiger partial charge in [0, 0.05) is 31.4 Å². The van der Waals surface area contributed by atoms with E-state index in [2.05, 4.69) is 29.0 Å². The summed E-state index contributed by atoms with van der Waals surface area (Å²) >= 11 is 1.79. The van der Waals surface area contributed by atoms with Crippen molar-refractivity contribution in [2.45, 2.75) is 39.2 Å². The van der Waals surface area contributed by atoms with Gasteiger partial charge in [0.25, 0.3) is 0 Å². The van der Waals surface area contributed by atoms with E-state index in [0.29, 0.717) is 13.1 Å². The number of hydrogen-bond donors (Lipinski definition) is 2. The Morgan fingerprint density at radius 3 is 2.86 bits per heavy atom. The van der Waals surface area contributed by atoms with Crippen molar-refractivity contribution in [1.82, 2.24) is 15.5 Å². The average molecular weight is 309 g/mol. The van der Waals surface area contributed by atoms with Gasteiger partial charge in [-0.15, -0.1) is 11.3 Å². The molecule has 1 aromatic heterocycles. The maximum atomic E-state index is 12.3. The number of carbonyl (C=O) groups excluding carboxylic acids is 2. The van der Waals surface area contributed by atoms with E-state index in [4.69, 9.17) is 0 Å². The Labute approximate surface area is 129 Å². The van der Waals surface area contributed by atoms with Crippen LogP contribution in [0.1, 0.15) is 43.2 Å². The summed E-state index contributed by atoms with van der Waals surface area (Å²) in [6, 6.07) is 2.33. The number of urea groups is 1. The van der Waals surface area contributed by atoms with Crippen LogP contribution in [-0.4, -0.2) is 36.5 Å². The Hall–Kier alpha value is -1.56. The van der Waals surface area contributed by atoms with Crippen LogP contribution in [0.15, 0.2) is 11.4 Å². The van der Waals surface area contributed by atoms with Crippen molar-refractivity contribution in [3.05, 3.63) is 21.9 Å². The van der Waals surface area contributed by atoms with Gasteiger partial charge < -0.3 is 15.5 Å². The summed E-state index contributed by atoms with van der Waals surface area (Å²) in [5.74, 6) is -0.0339. The first kappa shape index (κ1) is 15.8. The fraction of sp³-hybridized carbons (Fsp3) is 0.600. The number of carbonyl (C=O) groups is 2. The lowest BCUT2D eigenvalue weighted by atomic mass is 9.98. The van der Waals surface area contributed by atoms with Gasteiger partial charge >= 0.3 is 6.03 Å². The molecule has 1 aromatic rings. The van der Waals surface area contributed by atoms with E-state index < -0.39 is 0 Å². The molecule has 2 N–H and O–H groups in total. The maximum Gasteiger partial charge on any atom is 0.317 e. The maximum absolute atomic E-state index is 12.3. The molecule has 1 aliphatic rings. The first-order valence-electron chi connectivity index (χ1n) is 7.48. The van der Waals surface area contributed by atoms with Crippen LogP contribution < -0.4 is 10.6 Å². The summed E-state index contributed by atoms with van der Waals surface area (Å²) in [4.78, 5) is 26.4. The summed E-state index contributed by atoms with van der Waals surface area (Å²) in [5.41, 5.74) is 1.31. The number of thiophene rings is 1. The molecule has 0 fully saturated rings. The van der Waals surface area contributed by atoms with Gasteiger partial charge in [0.2, 0.25) is 5.91 Å². The number of amides is 3. The highest BCUT2D eigenvalue weighted by Crippen LogP contribution is 2.34. The van der Waals surface area contributed by atoms with Gasteiger partial charge in [0.15, 0.2) is 0 Å². The number of rotatable bonds is 5. The molecule has 21 heavy (non-hydrogen) atoms. The normalized spacial score (nSPS) is 17.2. The lowest BCUT2D eigenvalue weighted by Gasteiger charge is -2.35. The highest BCUT2D eigenvalue weighted by atomic mass is 32.1. The van der Waals surface area contributed by atoms with Crippen molar-refractivity contribution < 1.29 is 9.59 Å². The Kier molecular flexibility index (Phi) is 5.61. The minimum Gasteiger partial charge on any atom is -0.356 e. The minimum atomic E-state index is -0.0339. The minimum absolute atomic E-state index is 0.00141. The standard InChI is InChI=1S/C15H23N3O2S/c1-3-13-12-6-10-21-14(12)5-9-18(13)15(20)17-8-4-7-16-11(2)19/h6,10,13H,3-5,7-9H2,1-2H3,(H,16,19)(H,17,20). The molecule has 116 valence electrons. The smallest absolute Gasteiger partial charge is 0.317 e. The second-order valence-electron chi connectivity index (χ2n) is 5.24. The van der Waals surface area contributed by atoms with Crippen molar-refractivity contribution >= 4 is 23.3 Å². The van der Waals surface area contributed by atoms with Crippen LogP contribution in [0.4, 0.5) is 4.79 Å². The second-order valence-corrected chi connectivity index (χ2v) is 6.24. The van der Waals surface area contributed by atoms with Gasteiger partial charge in [-0.25, -0.2) is 4.79 Å². The lowest BCUT2D eigenvalue weighted by Crippen LogP contribution is -2.45. The summed E-state index contributed by atoms with van der Waals surface area (Å²) in [7, 11) is 0. The molecular weight excluding hydrogens is 286 g/mol. The first-order valence-corrected chi connectivity index (χ1v) is 8.36.